The molecule has 120 valence electrons. The first-order valence-corrected chi connectivity index (χ1v) is 7.51. The third-order valence-electron chi connectivity index (χ3n) is 4.19. The molecule has 1 amide bonds. The predicted molar refractivity (Wildman–Crippen MR) is 80.3 cm³/mol. The molecular weight excluding hydrogens is 303 g/mol. The van der Waals surface area contributed by atoms with Gasteiger partial charge in [-0.1, -0.05) is 0 Å². The van der Waals surface area contributed by atoms with Gasteiger partial charge in [0, 0.05) is 55.3 Å². The van der Waals surface area contributed by atoms with Crippen molar-refractivity contribution in [1.29, 1.82) is 0 Å². The number of pyridine rings is 1. The van der Waals surface area contributed by atoms with Crippen LogP contribution in [0.3, 0.4) is 0 Å². The van der Waals surface area contributed by atoms with Crippen LogP contribution in [0, 0.1) is 0 Å². The van der Waals surface area contributed by atoms with Crippen LogP contribution in [-0.2, 0) is 4.79 Å². The van der Waals surface area contributed by atoms with Crippen LogP contribution in [0.15, 0.2) is 30.9 Å². The average Bonchev–Trinajstić information content (AvgIpc) is 3.05. The van der Waals surface area contributed by atoms with Crippen molar-refractivity contribution < 1.29 is 33.6 Å². The molecular formula is C16H17LiN4O3. The number of rotatable bonds is 3. The zero-order valence-electron chi connectivity index (χ0n) is 13.8. The van der Waals surface area contributed by atoms with E-state index in [1.165, 1.54) is 12.3 Å². The van der Waals surface area contributed by atoms with Crippen LogP contribution in [-0.4, -0.2) is 44.6 Å². The topological polar surface area (TPSA) is 91.2 Å². The Morgan fingerprint density at radius 2 is 1.88 bits per heavy atom. The van der Waals surface area contributed by atoms with Crippen molar-refractivity contribution in [2.24, 2.45) is 0 Å². The molecule has 0 radical (unpaired) electrons. The number of piperidine rings is 1. The largest absolute Gasteiger partial charge is 1.00 e. The molecule has 0 unspecified atom stereocenters. The number of hydrogen-bond acceptors (Lipinski definition) is 5. The van der Waals surface area contributed by atoms with Gasteiger partial charge in [-0.2, -0.15) is 5.10 Å². The first kappa shape index (κ1) is 18.2. The molecule has 0 bridgehead atoms. The summed E-state index contributed by atoms with van der Waals surface area (Å²) in [4.78, 5) is 28.1. The van der Waals surface area contributed by atoms with Gasteiger partial charge in [-0.3, -0.25) is 14.5 Å². The Balaban J connectivity index is 0.00000208. The summed E-state index contributed by atoms with van der Waals surface area (Å²) in [5.41, 5.74) is 1.55. The van der Waals surface area contributed by atoms with E-state index in [1.807, 2.05) is 15.8 Å². The van der Waals surface area contributed by atoms with Gasteiger partial charge in [-0.25, -0.2) is 0 Å². The van der Waals surface area contributed by atoms with Crippen molar-refractivity contribution in [3.8, 4) is 11.1 Å². The summed E-state index contributed by atoms with van der Waals surface area (Å²) in [7, 11) is 0. The summed E-state index contributed by atoms with van der Waals surface area (Å²) >= 11 is 0. The van der Waals surface area contributed by atoms with E-state index in [9.17, 15) is 14.7 Å². The van der Waals surface area contributed by atoms with Gasteiger partial charge in [0.1, 0.15) is 0 Å². The summed E-state index contributed by atoms with van der Waals surface area (Å²) in [6.45, 7) is 3.05. The summed E-state index contributed by atoms with van der Waals surface area (Å²) in [5, 5.41) is 15.3. The molecule has 2 aromatic rings. The Morgan fingerprint density at radius 3 is 2.50 bits per heavy atom. The van der Waals surface area contributed by atoms with Crippen LogP contribution >= 0.6 is 0 Å². The van der Waals surface area contributed by atoms with E-state index in [1.54, 1.807) is 19.3 Å². The number of carbonyl (C=O) groups is 2. The zero-order chi connectivity index (χ0) is 16.4. The molecule has 0 spiro atoms. The number of carboxylic acid groups (broad SMARTS) is 1. The van der Waals surface area contributed by atoms with Crippen LogP contribution in [0.1, 0.15) is 36.2 Å². The van der Waals surface area contributed by atoms with Gasteiger partial charge in [0.15, 0.2) is 0 Å². The summed E-state index contributed by atoms with van der Waals surface area (Å²) < 4.78 is 1.89. The first-order chi connectivity index (χ1) is 11.0. The molecule has 3 rings (SSSR count). The third-order valence-corrected chi connectivity index (χ3v) is 4.19. The maximum absolute atomic E-state index is 11.4. The van der Waals surface area contributed by atoms with Gasteiger partial charge in [0.25, 0.3) is 0 Å². The van der Waals surface area contributed by atoms with Crippen molar-refractivity contribution in [3.63, 3.8) is 0 Å². The monoisotopic (exact) mass is 320 g/mol. The van der Waals surface area contributed by atoms with E-state index in [0.717, 1.165) is 31.5 Å². The zero-order valence-corrected chi connectivity index (χ0v) is 13.8. The fraction of sp³-hybridized carbons (Fsp3) is 0.375. The number of aromatic nitrogens is 3. The van der Waals surface area contributed by atoms with Crippen molar-refractivity contribution in [2.45, 2.75) is 25.8 Å². The molecule has 0 aliphatic carbocycles. The van der Waals surface area contributed by atoms with Gasteiger partial charge < -0.3 is 14.8 Å². The molecule has 7 nitrogen and oxygen atoms in total. The van der Waals surface area contributed by atoms with E-state index in [0.29, 0.717) is 5.56 Å². The third kappa shape index (κ3) is 3.86. The molecule has 1 saturated heterocycles. The van der Waals surface area contributed by atoms with Crippen LogP contribution in [0.4, 0.5) is 0 Å². The maximum atomic E-state index is 11.4. The molecule has 24 heavy (non-hydrogen) atoms. The fourth-order valence-corrected chi connectivity index (χ4v) is 2.84. The first-order valence-electron chi connectivity index (χ1n) is 7.51. The average molecular weight is 320 g/mol. The molecule has 3 heterocycles. The Labute approximate surface area is 151 Å². The Morgan fingerprint density at radius 1 is 1.17 bits per heavy atom. The molecule has 2 aromatic heterocycles. The molecule has 1 aliphatic heterocycles. The number of hydrogen-bond donors (Lipinski definition) is 0. The van der Waals surface area contributed by atoms with Gasteiger partial charge in [0.05, 0.1) is 18.2 Å². The second kappa shape index (κ2) is 7.64. The fourth-order valence-electron chi connectivity index (χ4n) is 2.84. The van der Waals surface area contributed by atoms with Crippen molar-refractivity contribution in [2.75, 3.05) is 13.1 Å². The Kier molecular flexibility index (Phi) is 5.81. The molecule has 0 aromatic carbocycles. The summed E-state index contributed by atoms with van der Waals surface area (Å²) in [6.07, 6.45) is 8.18. The summed E-state index contributed by atoms with van der Waals surface area (Å²) in [6, 6.07) is 1.78. The minimum Gasteiger partial charge on any atom is -0.545 e. The smallest absolute Gasteiger partial charge is 0.545 e. The molecule has 0 saturated carbocycles. The number of likely N-dealkylation sites (tertiary alicyclic amines) is 1. The predicted octanol–water partition coefficient (Wildman–Crippen LogP) is -2.50. The van der Waals surface area contributed by atoms with E-state index in [-0.39, 0.29) is 36.4 Å². The molecule has 0 N–H and O–H groups in total. The Bertz CT molecular complexity index is 738. The van der Waals surface area contributed by atoms with Crippen LogP contribution in [0.2, 0.25) is 0 Å². The molecule has 1 aliphatic rings. The number of amides is 1. The van der Waals surface area contributed by atoms with Crippen LogP contribution in [0.25, 0.3) is 11.1 Å². The summed E-state index contributed by atoms with van der Waals surface area (Å²) in [5.74, 6) is -1.14. The van der Waals surface area contributed by atoms with E-state index >= 15 is 0 Å². The van der Waals surface area contributed by atoms with Gasteiger partial charge in [-0.05, 0) is 18.9 Å². The number of aromatic carboxylic acids is 1. The SMILES string of the molecule is CC(=O)N1CCC(n2cc(-c3cncc(C(=O)[O-])c3)cn2)CC1.[Li+]. The van der Waals surface area contributed by atoms with Crippen molar-refractivity contribution in [3.05, 3.63) is 36.4 Å². The van der Waals surface area contributed by atoms with Gasteiger partial charge in [-0.15, -0.1) is 0 Å². The number of carboxylic acids is 1. The number of carbonyl (C=O) groups excluding carboxylic acids is 2. The van der Waals surface area contributed by atoms with Gasteiger partial charge in [0.2, 0.25) is 5.91 Å². The molecule has 8 heteroatoms. The van der Waals surface area contributed by atoms with E-state index in [2.05, 4.69) is 10.1 Å². The van der Waals surface area contributed by atoms with Crippen LogP contribution < -0.4 is 24.0 Å². The molecule has 1 fully saturated rings. The standard InChI is InChI=1S/C16H18N4O3.Li/c1-11(21)19-4-2-15(3-5-19)20-10-14(9-18-20)12-6-13(16(22)23)8-17-7-12;/h6-10,15H,2-5H2,1H3,(H,22,23);/q;+1/p-1. The van der Waals surface area contributed by atoms with Crippen molar-refractivity contribution in [1.82, 2.24) is 19.7 Å². The maximum Gasteiger partial charge on any atom is 1.00 e. The minimum atomic E-state index is -1.25. The van der Waals surface area contributed by atoms with Crippen molar-refractivity contribution >= 4 is 11.9 Å². The minimum absolute atomic E-state index is 0. The second-order valence-electron chi connectivity index (χ2n) is 5.70. The van der Waals surface area contributed by atoms with Gasteiger partial charge >= 0.3 is 18.9 Å². The number of nitrogens with zero attached hydrogens (tertiary/aromatic N) is 4. The van der Waals surface area contributed by atoms with E-state index in [4.69, 9.17) is 0 Å². The van der Waals surface area contributed by atoms with E-state index < -0.39 is 5.97 Å². The molecule has 0 atom stereocenters. The van der Waals surface area contributed by atoms with Crippen LogP contribution in [0.5, 0.6) is 0 Å². The Hall–Kier alpha value is -2.10. The second-order valence-corrected chi connectivity index (χ2v) is 5.70. The quantitative estimate of drug-likeness (QED) is 0.583. The normalized spacial score (nSPS) is 15.0.